The van der Waals surface area contributed by atoms with Gasteiger partial charge in [0.2, 0.25) is 0 Å². The van der Waals surface area contributed by atoms with Crippen molar-refractivity contribution in [3.8, 4) is 11.4 Å². The molecule has 38 heavy (non-hydrogen) atoms. The molecule has 4 rings (SSSR count). The van der Waals surface area contributed by atoms with Gasteiger partial charge in [-0.3, -0.25) is 0 Å². The van der Waals surface area contributed by atoms with Gasteiger partial charge in [0.1, 0.15) is 5.75 Å². The van der Waals surface area contributed by atoms with Crippen molar-refractivity contribution < 1.29 is 22.7 Å². The van der Waals surface area contributed by atoms with Crippen molar-refractivity contribution in [1.82, 2.24) is 35.7 Å². The van der Waals surface area contributed by atoms with E-state index in [-0.39, 0.29) is 36.1 Å². The molecule has 2 N–H and O–H groups in total. The van der Waals surface area contributed by atoms with Crippen LogP contribution >= 0.6 is 12.4 Å². The van der Waals surface area contributed by atoms with E-state index < -0.39 is 12.0 Å². The molecule has 0 bridgehead atoms. The average molecular weight is 554 g/mol. The van der Waals surface area contributed by atoms with E-state index in [9.17, 15) is 18.0 Å². The molecule has 3 aromatic rings. The molecular formula is C25H31ClF3N7O2. The molecule has 1 aromatic heterocycles. The van der Waals surface area contributed by atoms with Crippen molar-refractivity contribution in [1.29, 1.82) is 0 Å². The third kappa shape index (κ3) is 6.73. The van der Waals surface area contributed by atoms with Crippen LogP contribution in [0.5, 0.6) is 5.75 Å². The van der Waals surface area contributed by atoms with E-state index in [2.05, 4.69) is 26.2 Å². The molecule has 2 aromatic carbocycles. The molecule has 0 saturated carbocycles. The fraction of sp³-hybridized carbons (Fsp3) is 0.440. The van der Waals surface area contributed by atoms with Crippen molar-refractivity contribution >= 4 is 18.4 Å². The van der Waals surface area contributed by atoms with Crippen LogP contribution in [0.15, 0.2) is 48.5 Å². The van der Waals surface area contributed by atoms with Crippen molar-refractivity contribution in [3.05, 3.63) is 65.5 Å². The lowest BCUT2D eigenvalue weighted by molar-refractivity contribution is -0.146. The molecule has 1 fully saturated rings. The Bertz CT molecular complexity index is 1190. The second kappa shape index (κ2) is 12.9. The van der Waals surface area contributed by atoms with Gasteiger partial charge >= 0.3 is 12.2 Å². The zero-order valence-corrected chi connectivity index (χ0v) is 21.9. The van der Waals surface area contributed by atoms with Crippen LogP contribution in [0.1, 0.15) is 43.1 Å². The van der Waals surface area contributed by atoms with E-state index in [1.54, 1.807) is 12.1 Å². The number of urea groups is 1. The van der Waals surface area contributed by atoms with E-state index in [4.69, 9.17) is 4.74 Å². The number of nitrogens with zero attached hydrogens (tertiary/aromatic N) is 5. The number of piperidine rings is 1. The number of aromatic nitrogens is 4. The Morgan fingerprint density at radius 2 is 1.92 bits per heavy atom. The van der Waals surface area contributed by atoms with E-state index in [0.717, 1.165) is 5.56 Å². The Morgan fingerprint density at radius 1 is 1.16 bits per heavy atom. The number of benzene rings is 2. The standard InChI is InChI=1S/C25H30F3N7O2.ClH/c1-3-29-24(36)34-13-12-21(20(16-34)17-8-6-5-7-9-17)30-15-18-14-19(10-11-22(18)37-4-2)35-23(25(26,27)28)31-32-33-35;/h5-11,14,20-21,30H,3-4,12-13,15-16H2,1-2H3,(H,29,36);1H/t20-,21-;/m0./s1. The highest BCUT2D eigenvalue weighted by atomic mass is 35.5. The average Bonchev–Trinajstić information content (AvgIpc) is 3.40. The number of rotatable bonds is 8. The molecule has 9 nitrogen and oxygen atoms in total. The lowest BCUT2D eigenvalue weighted by Crippen LogP contribution is -2.52. The number of amides is 2. The van der Waals surface area contributed by atoms with Crippen LogP contribution in [-0.4, -0.2) is 63.4 Å². The summed E-state index contributed by atoms with van der Waals surface area (Å²) in [4.78, 5) is 14.3. The zero-order valence-electron chi connectivity index (χ0n) is 21.1. The molecule has 1 aliphatic rings. The van der Waals surface area contributed by atoms with Crippen LogP contribution in [-0.2, 0) is 12.7 Å². The Hall–Kier alpha value is -3.38. The predicted octanol–water partition coefficient (Wildman–Crippen LogP) is 4.18. The van der Waals surface area contributed by atoms with Gasteiger partial charge in [-0.15, -0.1) is 17.5 Å². The molecule has 0 unspecified atom stereocenters. The monoisotopic (exact) mass is 553 g/mol. The van der Waals surface area contributed by atoms with Crippen molar-refractivity contribution in [3.63, 3.8) is 0 Å². The predicted molar refractivity (Wildman–Crippen MR) is 138 cm³/mol. The summed E-state index contributed by atoms with van der Waals surface area (Å²) in [7, 11) is 0. The van der Waals surface area contributed by atoms with Crippen LogP contribution in [0.3, 0.4) is 0 Å². The molecule has 0 aliphatic carbocycles. The quantitative estimate of drug-likeness (QED) is 0.434. The minimum absolute atomic E-state index is 0. The second-order valence-corrected chi connectivity index (χ2v) is 8.71. The summed E-state index contributed by atoms with van der Waals surface area (Å²) in [6.07, 6.45) is -3.98. The molecule has 206 valence electrons. The van der Waals surface area contributed by atoms with Gasteiger partial charge in [0.15, 0.2) is 0 Å². The fourth-order valence-corrected chi connectivity index (χ4v) is 4.59. The van der Waals surface area contributed by atoms with Gasteiger partial charge in [0.25, 0.3) is 5.82 Å². The van der Waals surface area contributed by atoms with E-state index >= 15 is 0 Å². The van der Waals surface area contributed by atoms with Crippen LogP contribution in [0, 0.1) is 0 Å². The molecule has 2 heterocycles. The molecular weight excluding hydrogens is 523 g/mol. The number of hydrogen-bond acceptors (Lipinski definition) is 6. The van der Waals surface area contributed by atoms with Crippen molar-refractivity contribution in [2.24, 2.45) is 0 Å². The van der Waals surface area contributed by atoms with E-state index in [1.165, 1.54) is 6.07 Å². The summed E-state index contributed by atoms with van der Waals surface area (Å²) in [5.41, 5.74) is 1.97. The first-order valence-corrected chi connectivity index (χ1v) is 12.2. The smallest absolute Gasteiger partial charge is 0.453 e. The molecule has 2 atom stereocenters. The summed E-state index contributed by atoms with van der Waals surface area (Å²) in [5, 5.41) is 16.3. The van der Waals surface area contributed by atoms with Gasteiger partial charge in [-0.25, -0.2) is 4.79 Å². The Labute approximate surface area is 225 Å². The third-order valence-electron chi connectivity index (χ3n) is 6.32. The maximum absolute atomic E-state index is 13.4. The van der Waals surface area contributed by atoms with Gasteiger partial charge in [0.05, 0.1) is 12.3 Å². The molecule has 1 aliphatic heterocycles. The SMILES string of the molecule is CCNC(=O)N1CC[C@H](NCc2cc(-n3nnnc3C(F)(F)F)ccc2OCC)[C@H](c2ccccc2)C1.Cl. The summed E-state index contributed by atoms with van der Waals surface area (Å²) < 4.78 is 46.5. The van der Waals surface area contributed by atoms with Crippen molar-refractivity contribution in [2.45, 2.75) is 44.9 Å². The lowest BCUT2D eigenvalue weighted by atomic mass is 9.86. The lowest BCUT2D eigenvalue weighted by Gasteiger charge is -2.39. The number of carbonyl (C=O) groups excluding carboxylic acids is 1. The van der Waals surface area contributed by atoms with E-state index in [0.29, 0.717) is 55.2 Å². The first-order valence-electron chi connectivity index (χ1n) is 12.2. The van der Waals surface area contributed by atoms with Gasteiger partial charge in [0, 0.05) is 43.7 Å². The fourth-order valence-electron chi connectivity index (χ4n) is 4.59. The highest BCUT2D eigenvalue weighted by Crippen LogP contribution is 2.31. The number of likely N-dealkylation sites (tertiary alicyclic amines) is 1. The molecule has 13 heteroatoms. The van der Waals surface area contributed by atoms with Gasteiger partial charge in [-0.05, 0) is 54.5 Å². The summed E-state index contributed by atoms with van der Waals surface area (Å²) in [6, 6.07) is 14.7. The topological polar surface area (TPSA) is 97.2 Å². The molecule has 2 amide bonds. The third-order valence-corrected chi connectivity index (χ3v) is 6.32. The number of tetrazole rings is 1. The maximum Gasteiger partial charge on any atom is 0.453 e. The number of nitrogens with one attached hydrogen (secondary N) is 2. The molecule has 0 spiro atoms. The first kappa shape index (κ1) is 29.2. The first-order chi connectivity index (χ1) is 17.8. The number of alkyl halides is 3. The number of hydrogen-bond donors (Lipinski definition) is 2. The Balaban J connectivity index is 0.00000400. The van der Waals surface area contributed by atoms with Crippen LogP contribution in [0.4, 0.5) is 18.0 Å². The second-order valence-electron chi connectivity index (χ2n) is 8.71. The maximum atomic E-state index is 13.4. The zero-order chi connectivity index (χ0) is 26.4. The van der Waals surface area contributed by atoms with Gasteiger partial charge in [-0.2, -0.15) is 17.9 Å². The molecule has 1 saturated heterocycles. The number of carbonyl (C=O) groups is 1. The minimum atomic E-state index is -4.69. The summed E-state index contributed by atoms with van der Waals surface area (Å²) >= 11 is 0. The highest BCUT2D eigenvalue weighted by Gasteiger charge is 2.38. The van der Waals surface area contributed by atoms with Crippen molar-refractivity contribution in [2.75, 3.05) is 26.2 Å². The minimum Gasteiger partial charge on any atom is -0.494 e. The summed E-state index contributed by atoms with van der Waals surface area (Å²) in [5.74, 6) is -0.596. The largest absolute Gasteiger partial charge is 0.494 e. The Kier molecular flexibility index (Phi) is 9.92. The van der Waals surface area contributed by atoms with Crippen LogP contribution in [0.2, 0.25) is 0 Å². The Morgan fingerprint density at radius 3 is 2.61 bits per heavy atom. The highest BCUT2D eigenvalue weighted by molar-refractivity contribution is 5.85. The summed E-state index contributed by atoms with van der Waals surface area (Å²) in [6.45, 7) is 6.18. The van der Waals surface area contributed by atoms with Gasteiger partial charge < -0.3 is 20.3 Å². The van der Waals surface area contributed by atoms with Crippen LogP contribution < -0.4 is 15.4 Å². The van der Waals surface area contributed by atoms with Gasteiger partial charge in [-0.1, -0.05) is 30.3 Å². The number of ether oxygens (including phenoxy) is 1. The van der Waals surface area contributed by atoms with Crippen LogP contribution in [0.25, 0.3) is 5.69 Å². The van der Waals surface area contributed by atoms with E-state index in [1.807, 2.05) is 49.1 Å². The normalized spacial score (nSPS) is 17.6. The molecule has 0 radical (unpaired) electrons. The number of halogens is 4.